The number of carbonyl (C=O) groups is 1. The van der Waals surface area contributed by atoms with Crippen molar-refractivity contribution in [2.75, 3.05) is 20.3 Å². The van der Waals surface area contributed by atoms with Crippen LogP contribution >= 0.6 is 0 Å². The highest BCUT2D eigenvalue weighted by Gasteiger charge is 2.54. The fourth-order valence-electron chi connectivity index (χ4n) is 2.22. The second kappa shape index (κ2) is 4.72. The highest BCUT2D eigenvalue weighted by atomic mass is 16.5. The molecule has 1 atom stereocenters. The number of ether oxygens (including phenoxy) is 2. The smallest absolute Gasteiger partial charge is 0.329 e. The molecule has 0 aromatic heterocycles. The first-order valence-electron chi connectivity index (χ1n) is 6.16. The summed E-state index contributed by atoms with van der Waals surface area (Å²) in [4.78, 5) is 12.1. The van der Waals surface area contributed by atoms with E-state index >= 15 is 0 Å². The molecule has 4 heteroatoms. The fraction of sp³-hybridized carbons (Fsp3) is 0.917. The Morgan fingerprint density at radius 3 is 2.50 bits per heavy atom. The maximum absolute atomic E-state index is 12.1. The van der Waals surface area contributed by atoms with Gasteiger partial charge in [-0.25, -0.2) is 4.79 Å². The summed E-state index contributed by atoms with van der Waals surface area (Å²) in [5.74, 6) is 0.262. The van der Waals surface area contributed by atoms with Crippen molar-refractivity contribution in [2.24, 2.45) is 5.92 Å². The van der Waals surface area contributed by atoms with Crippen molar-refractivity contribution in [2.45, 2.75) is 44.2 Å². The van der Waals surface area contributed by atoms with Crippen molar-refractivity contribution in [3.8, 4) is 0 Å². The summed E-state index contributed by atoms with van der Waals surface area (Å²) in [5, 5.41) is 3.45. The Morgan fingerprint density at radius 2 is 2.06 bits per heavy atom. The third-order valence-electron chi connectivity index (χ3n) is 3.33. The van der Waals surface area contributed by atoms with E-state index in [1.54, 1.807) is 7.11 Å². The van der Waals surface area contributed by atoms with Gasteiger partial charge in [0.05, 0.1) is 13.2 Å². The first kappa shape index (κ1) is 11.9. The Balaban J connectivity index is 2.08. The van der Waals surface area contributed by atoms with Crippen molar-refractivity contribution < 1.29 is 14.3 Å². The summed E-state index contributed by atoms with van der Waals surface area (Å²) >= 11 is 0. The van der Waals surface area contributed by atoms with E-state index in [4.69, 9.17) is 9.47 Å². The molecule has 2 saturated carbocycles. The van der Waals surface area contributed by atoms with Crippen LogP contribution in [0.1, 0.15) is 32.6 Å². The highest BCUT2D eigenvalue weighted by Crippen LogP contribution is 2.42. The molecule has 1 N–H and O–H groups in total. The molecule has 0 heterocycles. The van der Waals surface area contributed by atoms with Crippen LogP contribution in [-0.2, 0) is 14.3 Å². The van der Waals surface area contributed by atoms with Gasteiger partial charge in [-0.3, -0.25) is 5.32 Å². The second-order valence-electron chi connectivity index (χ2n) is 4.82. The molecule has 4 nitrogen and oxygen atoms in total. The maximum atomic E-state index is 12.1. The molecule has 16 heavy (non-hydrogen) atoms. The number of carbonyl (C=O) groups excluding carboxylic acids is 1. The van der Waals surface area contributed by atoms with Gasteiger partial charge in [-0.15, -0.1) is 0 Å². The van der Waals surface area contributed by atoms with Gasteiger partial charge in [0.1, 0.15) is 5.54 Å². The van der Waals surface area contributed by atoms with Gasteiger partial charge in [0.15, 0.2) is 0 Å². The SMILES string of the molecule is CCOC(=O)C(COC)(NC1CC1)C1CC1. The van der Waals surface area contributed by atoms with Crippen LogP contribution in [0.2, 0.25) is 0 Å². The van der Waals surface area contributed by atoms with Gasteiger partial charge >= 0.3 is 5.97 Å². The lowest BCUT2D eigenvalue weighted by Gasteiger charge is -2.32. The molecule has 0 aromatic carbocycles. The summed E-state index contributed by atoms with van der Waals surface area (Å²) in [6.07, 6.45) is 4.53. The van der Waals surface area contributed by atoms with Gasteiger partial charge in [0.25, 0.3) is 0 Å². The minimum absolute atomic E-state index is 0.133. The number of rotatable bonds is 7. The Morgan fingerprint density at radius 1 is 1.38 bits per heavy atom. The van der Waals surface area contributed by atoms with Crippen LogP contribution in [-0.4, -0.2) is 37.9 Å². The first-order valence-corrected chi connectivity index (χ1v) is 6.16. The summed E-state index contributed by atoms with van der Waals surface area (Å²) < 4.78 is 10.4. The number of methoxy groups -OCH3 is 1. The van der Waals surface area contributed by atoms with Crippen LogP contribution in [0.15, 0.2) is 0 Å². The molecule has 2 fully saturated rings. The number of nitrogens with one attached hydrogen (secondary N) is 1. The van der Waals surface area contributed by atoms with Crippen molar-refractivity contribution in [3.63, 3.8) is 0 Å². The highest BCUT2D eigenvalue weighted by molar-refractivity contribution is 5.82. The normalized spacial score (nSPS) is 23.9. The van der Waals surface area contributed by atoms with Gasteiger partial charge in [0.2, 0.25) is 0 Å². The first-order chi connectivity index (χ1) is 7.73. The standard InChI is InChI=1S/C12H21NO3/c1-3-16-11(14)12(8-15-2,9-4-5-9)13-10-6-7-10/h9-10,13H,3-8H2,1-2H3. The summed E-state index contributed by atoms with van der Waals surface area (Å²) in [6.45, 7) is 2.70. The van der Waals surface area contributed by atoms with Gasteiger partial charge in [-0.1, -0.05) is 0 Å². The Hall–Kier alpha value is -0.610. The predicted molar refractivity (Wildman–Crippen MR) is 60.1 cm³/mol. The van der Waals surface area contributed by atoms with Crippen LogP contribution in [0.25, 0.3) is 0 Å². The average molecular weight is 227 g/mol. The van der Waals surface area contributed by atoms with E-state index in [2.05, 4.69) is 5.32 Å². The van der Waals surface area contributed by atoms with Crippen LogP contribution in [0.5, 0.6) is 0 Å². The van der Waals surface area contributed by atoms with Crippen LogP contribution in [0.3, 0.4) is 0 Å². The van der Waals surface area contributed by atoms with Gasteiger partial charge in [-0.2, -0.15) is 0 Å². The Bertz CT molecular complexity index is 261. The molecule has 0 bridgehead atoms. The van der Waals surface area contributed by atoms with Crippen molar-refractivity contribution in [1.29, 1.82) is 0 Å². The minimum Gasteiger partial charge on any atom is -0.465 e. The molecular formula is C12H21NO3. The average Bonchev–Trinajstić information content (AvgIpc) is 3.11. The molecule has 92 valence electrons. The van der Waals surface area contributed by atoms with E-state index in [1.165, 1.54) is 0 Å². The maximum Gasteiger partial charge on any atom is 0.329 e. The lowest BCUT2D eigenvalue weighted by molar-refractivity contribution is -0.155. The number of hydrogen-bond donors (Lipinski definition) is 1. The zero-order valence-electron chi connectivity index (χ0n) is 10.1. The molecule has 0 radical (unpaired) electrons. The molecule has 0 spiro atoms. The molecule has 0 saturated heterocycles. The third kappa shape index (κ3) is 2.38. The Labute approximate surface area is 96.7 Å². The van der Waals surface area contributed by atoms with Crippen LogP contribution in [0.4, 0.5) is 0 Å². The summed E-state index contributed by atoms with van der Waals surface area (Å²) in [6, 6.07) is 0.486. The topological polar surface area (TPSA) is 47.6 Å². The molecule has 0 amide bonds. The lowest BCUT2D eigenvalue weighted by Crippen LogP contribution is -2.59. The van der Waals surface area contributed by atoms with E-state index in [9.17, 15) is 4.79 Å². The molecule has 2 aliphatic rings. The largest absolute Gasteiger partial charge is 0.465 e. The van der Waals surface area contributed by atoms with Crippen LogP contribution < -0.4 is 5.32 Å². The van der Waals surface area contributed by atoms with Crippen molar-refractivity contribution in [3.05, 3.63) is 0 Å². The zero-order chi connectivity index (χ0) is 11.6. The van der Waals surface area contributed by atoms with Gasteiger partial charge in [-0.05, 0) is 38.5 Å². The van der Waals surface area contributed by atoms with Crippen molar-refractivity contribution >= 4 is 5.97 Å². The van der Waals surface area contributed by atoms with Crippen molar-refractivity contribution in [1.82, 2.24) is 5.32 Å². The zero-order valence-corrected chi connectivity index (χ0v) is 10.1. The molecule has 1 unspecified atom stereocenters. The fourth-order valence-corrected chi connectivity index (χ4v) is 2.22. The Kier molecular flexibility index (Phi) is 3.50. The quantitative estimate of drug-likeness (QED) is 0.662. The summed E-state index contributed by atoms with van der Waals surface area (Å²) in [7, 11) is 1.64. The number of hydrogen-bond acceptors (Lipinski definition) is 4. The van der Waals surface area contributed by atoms with E-state index in [0.717, 1.165) is 25.7 Å². The van der Waals surface area contributed by atoms with Gasteiger partial charge < -0.3 is 9.47 Å². The van der Waals surface area contributed by atoms with Crippen LogP contribution in [0, 0.1) is 5.92 Å². The molecule has 2 rings (SSSR count). The van der Waals surface area contributed by atoms with E-state index in [1.807, 2.05) is 6.92 Å². The molecule has 0 aliphatic heterocycles. The third-order valence-corrected chi connectivity index (χ3v) is 3.33. The minimum atomic E-state index is -0.577. The lowest BCUT2D eigenvalue weighted by atomic mass is 9.94. The van der Waals surface area contributed by atoms with E-state index < -0.39 is 5.54 Å². The monoisotopic (exact) mass is 227 g/mol. The van der Waals surface area contributed by atoms with Gasteiger partial charge in [0, 0.05) is 13.2 Å². The molecular weight excluding hydrogens is 206 g/mol. The molecule has 0 aromatic rings. The number of esters is 1. The molecule has 2 aliphatic carbocycles. The van der Waals surface area contributed by atoms with E-state index in [0.29, 0.717) is 25.2 Å². The predicted octanol–water partition coefficient (Wildman–Crippen LogP) is 1.10. The van der Waals surface area contributed by atoms with E-state index in [-0.39, 0.29) is 5.97 Å². The summed E-state index contributed by atoms with van der Waals surface area (Å²) in [5.41, 5.74) is -0.577. The second-order valence-corrected chi connectivity index (χ2v) is 4.82.